The van der Waals surface area contributed by atoms with Crippen molar-refractivity contribution in [3.8, 4) is 0 Å². The first-order chi connectivity index (χ1) is 11.2. The maximum atomic E-state index is 12.4. The fraction of sp³-hybridized carbons (Fsp3) is 0.882. The molecule has 2 rings (SSSR count). The molecule has 1 N–H and O–H groups in total. The summed E-state index contributed by atoms with van der Waals surface area (Å²) in [6, 6.07) is -0.139. The van der Waals surface area contributed by atoms with E-state index in [0.29, 0.717) is 32.8 Å². The van der Waals surface area contributed by atoms with Gasteiger partial charge in [-0.1, -0.05) is 13.8 Å². The zero-order chi connectivity index (χ0) is 18.0. The molecule has 0 radical (unpaired) electrons. The van der Waals surface area contributed by atoms with Gasteiger partial charge in [0.15, 0.2) is 5.79 Å². The maximum absolute atomic E-state index is 12.4. The minimum atomic E-state index is -0.642. The van der Waals surface area contributed by atoms with Gasteiger partial charge in [0.25, 0.3) is 0 Å². The molecule has 3 atom stereocenters. The summed E-state index contributed by atoms with van der Waals surface area (Å²) in [6.07, 6.45) is 0.726. The predicted molar refractivity (Wildman–Crippen MR) is 88.3 cm³/mol. The van der Waals surface area contributed by atoms with Crippen LogP contribution >= 0.6 is 0 Å². The number of hydrogen-bond donors (Lipinski definition) is 1. The Balaban J connectivity index is 1.82. The smallest absolute Gasteiger partial charge is 0.317 e. The Bertz CT molecular complexity index is 478. The average molecular weight is 342 g/mol. The summed E-state index contributed by atoms with van der Waals surface area (Å²) < 4.78 is 16.1. The van der Waals surface area contributed by atoms with Gasteiger partial charge in [0.05, 0.1) is 25.7 Å². The van der Waals surface area contributed by atoms with Gasteiger partial charge in [-0.2, -0.15) is 0 Å². The van der Waals surface area contributed by atoms with Crippen molar-refractivity contribution in [2.24, 2.45) is 17.3 Å². The summed E-state index contributed by atoms with van der Waals surface area (Å²) >= 11 is 0. The first kappa shape index (κ1) is 19.0. The number of carbonyl (C=O) groups excluding carboxylic acids is 2. The molecule has 7 heteroatoms. The second kappa shape index (κ2) is 7.27. The highest BCUT2D eigenvalue weighted by molar-refractivity contribution is 5.81. The van der Waals surface area contributed by atoms with Crippen molar-refractivity contribution in [3.63, 3.8) is 0 Å². The molecule has 7 nitrogen and oxygen atoms in total. The normalized spacial score (nSPS) is 30.2. The average Bonchev–Trinajstić information content (AvgIpc) is 3.09. The largest absolute Gasteiger partial charge is 0.469 e. The second-order valence-electron chi connectivity index (χ2n) is 7.52. The topological polar surface area (TPSA) is 77.1 Å². The molecule has 0 unspecified atom stereocenters. The standard InChI is InChI=1S/C17H30N2O5/c1-12(8-17(4)23-6-7-24-17)9-18-15(21)19-10-13(2)16(3,11-19)14(20)22-5/h12-13H,6-11H2,1-5H3,(H,18,21)/t12-,13-,16-/m1/s1. The van der Waals surface area contributed by atoms with E-state index in [2.05, 4.69) is 12.2 Å². The summed E-state index contributed by atoms with van der Waals surface area (Å²) in [5.74, 6) is -0.519. The Morgan fingerprint density at radius 3 is 2.54 bits per heavy atom. The van der Waals surface area contributed by atoms with Crippen molar-refractivity contribution < 1.29 is 23.8 Å². The van der Waals surface area contributed by atoms with E-state index in [9.17, 15) is 9.59 Å². The lowest BCUT2D eigenvalue weighted by Gasteiger charge is -2.27. The maximum Gasteiger partial charge on any atom is 0.317 e. The van der Waals surface area contributed by atoms with Crippen molar-refractivity contribution in [2.45, 2.75) is 39.9 Å². The molecule has 0 bridgehead atoms. The fourth-order valence-electron chi connectivity index (χ4n) is 3.56. The lowest BCUT2D eigenvalue weighted by atomic mass is 9.81. The minimum absolute atomic E-state index is 0.0623. The van der Waals surface area contributed by atoms with Gasteiger partial charge in [-0.05, 0) is 25.7 Å². The molecule has 24 heavy (non-hydrogen) atoms. The van der Waals surface area contributed by atoms with Crippen LogP contribution in [0, 0.1) is 17.3 Å². The Morgan fingerprint density at radius 2 is 1.96 bits per heavy atom. The van der Waals surface area contributed by atoms with Crippen molar-refractivity contribution in [1.29, 1.82) is 0 Å². The van der Waals surface area contributed by atoms with Crippen LogP contribution in [-0.4, -0.2) is 62.6 Å². The summed E-state index contributed by atoms with van der Waals surface area (Å²) in [5, 5.41) is 2.95. The quantitative estimate of drug-likeness (QED) is 0.768. The summed E-state index contributed by atoms with van der Waals surface area (Å²) in [4.78, 5) is 26.1. The van der Waals surface area contributed by atoms with Crippen molar-refractivity contribution in [3.05, 3.63) is 0 Å². The molecular formula is C17H30N2O5. The third-order valence-corrected chi connectivity index (χ3v) is 5.26. The van der Waals surface area contributed by atoms with Gasteiger partial charge in [0.2, 0.25) is 0 Å². The number of rotatable bonds is 5. The molecule has 2 aliphatic rings. The van der Waals surface area contributed by atoms with E-state index in [4.69, 9.17) is 14.2 Å². The fourth-order valence-corrected chi connectivity index (χ4v) is 3.56. The molecule has 138 valence electrons. The van der Waals surface area contributed by atoms with Crippen LogP contribution in [0.15, 0.2) is 0 Å². The number of carbonyl (C=O) groups is 2. The molecule has 2 fully saturated rings. The molecule has 2 aliphatic heterocycles. The lowest BCUT2D eigenvalue weighted by Crippen LogP contribution is -2.43. The minimum Gasteiger partial charge on any atom is -0.469 e. The van der Waals surface area contributed by atoms with E-state index < -0.39 is 11.2 Å². The third-order valence-electron chi connectivity index (χ3n) is 5.26. The molecule has 0 aromatic rings. The Morgan fingerprint density at radius 1 is 1.33 bits per heavy atom. The zero-order valence-corrected chi connectivity index (χ0v) is 15.4. The monoisotopic (exact) mass is 342 g/mol. The highest BCUT2D eigenvalue weighted by Crippen LogP contribution is 2.36. The van der Waals surface area contributed by atoms with Gasteiger partial charge in [0, 0.05) is 26.1 Å². The molecule has 2 amide bonds. The number of amides is 2. The van der Waals surface area contributed by atoms with E-state index in [-0.39, 0.29) is 23.8 Å². The number of methoxy groups -OCH3 is 1. The lowest BCUT2D eigenvalue weighted by molar-refractivity contribution is -0.154. The second-order valence-corrected chi connectivity index (χ2v) is 7.52. The van der Waals surface area contributed by atoms with Crippen LogP contribution in [0.2, 0.25) is 0 Å². The molecular weight excluding hydrogens is 312 g/mol. The van der Waals surface area contributed by atoms with Gasteiger partial charge in [-0.15, -0.1) is 0 Å². The zero-order valence-electron chi connectivity index (χ0n) is 15.4. The van der Waals surface area contributed by atoms with Crippen LogP contribution in [-0.2, 0) is 19.0 Å². The van der Waals surface area contributed by atoms with E-state index in [1.165, 1.54) is 7.11 Å². The van der Waals surface area contributed by atoms with Gasteiger partial charge in [-0.25, -0.2) is 4.79 Å². The molecule has 0 saturated carbocycles. The predicted octanol–water partition coefficient (Wildman–Crippen LogP) is 1.62. The van der Waals surface area contributed by atoms with E-state index >= 15 is 0 Å². The van der Waals surface area contributed by atoms with Gasteiger partial charge < -0.3 is 24.4 Å². The number of nitrogens with one attached hydrogen (secondary N) is 1. The van der Waals surface area contributed by atoms with Crippen molar-refractivity contribution >= 4 is 12.0 Å². The van der Waals surface area contributed by atoms with Crippen LogP contribution in [0.3, 0.4) is 0 Å². The Hall–Kier alpha value is -1.34. The Kier molecular flexibility index (Phi) is 5.75. The van der Waals surface area contributed by atoms with Crippen LogP contribution in [0.25, 0.3) is 0 Å². The first-order valence-corrected chi connectivity index (χ1v) is 8.59. The number of esters is 1. The van der Waals surface area contributed by atoms with Crippen LogP contribution in [0.4, 0.5) is 4.79 Å². The number of hydrogen-bond acceptors (Lipinski definition) is 5. The molecule has 0 aliphatic carbocycles. The summed E-state index contributed by atoms with van der Waals surface area (Å²) in [6.45, 7) is 10.5. The molecule has 0 spiro atoms. The number of likely N-dealkylation sites (tertiary alicyclic amines) is 1. The SMILES string of the molecule is COC(=O)[C@]1(C)CN(C(=O)NC[C@H](C)CC2(C)OCCO2)C[C@H]1C. The highest BCUT2D eigenvalue weighted by atomic mass is 16.7. The van der Waals surface area contributed by atoms with Gasteiger partial charge >= 0.3 is 12.0 Å². The van der Waals surface area contributed by atoms with Crippen molar-refractivity contribution in [1.82, 2.24) is 10.2 Å². The van der Waals surface area contributed by atoms with E-state index in [0.717, 1.165) is 6.42 Å². The molecule has 0 aromatic carbocycles. The molecule has 2 heterocycles. The summed E-state index contributed by atoms with van der Waals surface area (Å²) in [7, 11) is 1.39. The first-order valence-electron chi connectivity index (χ1n) is 8.59. The summed E-state index contributed by atoms with van der Waals surface area (Å²) in [5.41, 5.74) is -0.642. The number of urea groups is 1. The number of nitrogens with zero attached hydrogens (tertiary/aromatic N) is 1. The van der Waals surface area contributed by atoms with Crippen LogP contribution in [0.5, 0.6) is 0 Å². The van der Waals surface area contributed by atoms with Crippen LogP contribution in [0.1, 0.15) is 34.1 Å². The van der Waals surface area contributed by atoms with E-state index in [1.807, 2.05) is 20.8 Å². The highest BCUT2D eigenvalue weighted by Gasteiger charge is 2.48. The van der Waals surface area contributed by atoms with Crippen LogP contribution < -0.4 is 5.32 Å². The third kappa shape index (κ3) is 4.00. The van der Waals surface area contributed by atoms with Gasteiger partial charge in [0.1, 0.15) is 0 Å². The van der Waals surface area contributed by atoms with E-state index in [1.54, 1.807) is 4.90 Å². The number of ether oxygens (including phenoxy) is 3. The van der Waals surface area contributed by atoms with Crippen molar-refractivity contribution in [2.75, 3.05) is 40.0 Å². The van der Waals surface area contributed by atoms with Gasteiger partial charge in [-0.3, -0.25) is 4.79 Å². The molecule has 2 saturated heterocycles. The Labute approximate surface area is 144 Å². The molecule has 0 aromatic heterocycles.